The van der Waals surface area contributed by atoms with Crippen molar-refractivity contribution in [1.82, 2.24) is 0 Å². The topological polar surface area (TPSA) is 78.7 Å². The quantitative estimate of drug-likeness (QED) is 0.165. The van der Waals surface area contributed by atoms with Gasteiger partial charge in [-0.05, 0) is 99.7 Å². The second kappa shape index (κ2) is 10.1. The van der Waals surface area contributed by atoms with Gasteiger partial charge < -0.3 is 18.8 Å². The monoisotopic (exact) mass is 532 g/mol. The third kappa shape index (κ3) is 4.81. The van der Waals surface area contributed by atoms with Crippen LogP contribution in [-0.4, -0.2) is 52.1 Å². The Balaban J connectivity index is 1.72. The third-order valence-corrected chi connectivity index (χ3v) is 11.3. The molecule has 0 spiro atoms. The first kappa shape index (κ1) is 28.3. The fourth-order valence-corrected chi connectivity index (χ4v) is 9.31. The normalized spacial score (nSPS) is 40.8. The fraction of sp³-hybridized carbons (Fsp3) is 0.828. The molecule has 0 aromatic rings. The number of rotatable bonds is 7. The van der Waals surface area contributed by atoms with Crippen LogP contribution in [-0.2, 0) is 23.6 Å². The number of nitrogens with zero attached hydrogens (tertiary/aromatic N) is 2. The number of carbonyl (C=O) groups is 1. The SMILES string of the molecule is CO/N=C1\C=C2[C@@H](C)C[C@@H]3[C@H](CC[C@@]4(C)[C@H]3CC[C@]4(OC(C)=O)/C(CO[Si](C)(C)C)=N/OC)[C@@]2(C)CC1. The van der Waals surface area contributed by atoms with E-state index in [1.165, 1.54) is 6.92 Å². The second-order valence-electron chi connectivity index (χ2n) is 13.3. The average Bonchev–Trinajstić information content (AvgIpc) is 3.09. The molecule has 37 heavy (non-hydrogen) atoms. The van der Waals surface area contributed by atoms with Gasteiger partial charge in [-0.1, -0.05) is 36.7 Å². The smallest absolute Gasteiger partial charge is 0.303 e. The predicted octanol–water partition coefficient (Wildman–Crippen LogP) is 6.35. The summed E-state index contributed by atoms with van der Waals surface area (Å²) in [6.45, 7) is 15.6. The number of oxime groups is 2. The largest absolute Gasteiger partial charge is 0.452 e. The van der Waals surface area contributed by atoms with Crippen LogP contribution in [0, 0.1) is 34.5 Å². The Kier molecular flexibility index (Phi) is 7.76. The minimum absolute atomic E-state index is 0.174. The Bertz CT molecular complexity index is 987. The lowest BCUT2D eigenvalue weighted by Crippen LogP contribution is -2.60. The Hall–Kier alpha value is -1.67. The van der Waals surface area contributed by atoms with Gasteiger partial charge in [0, 0.05) is 12.3 Å². The molecule has 0 aromatic heterocycles. The van der Waals surface area contributed by atoms with Gasteiger partial charge in [-0.25, -0.2) is 0 Å². The molecule has 0 aromatic carbocycles. The van der Waals surface area contributed by atoms with Gasteiger partial charge in [0.2, 0.25) is 0 Å². The van der Waals surface area contributed by atoms with Crippen molar-refractivity contribution in [3.8, 4) is 0 Å². The van der Waals surface area contributed by atoms with Gasteiger partial charge in [0.25, 0.3) is 0 Å². The number of carbonyl (C=O) groups excluding carboxylic acids is 1. The van der Waals surface area contributed by atoms with Crippen LogP contribution in [0.15, 0.2) is 22.0 Å². The summed E-state index contributed by atoms with van der Waals surface area (Å²) in [6.07, 6.45) is 9.48. The fourth-order valence-electron chi connectivity index (χ4n) is 8.74. The number of hydrogen-bond acceptors (Lipinski definition) is 7. The van der Waals surface area contributed by atoms with Crippen LogP contribution in [0.2, 0.25) is 19.6 Å². The molecule has 0 unspecified atom stereocenters. The highest BCUT2D eigenvalue weighted by molar-refractivity contribution is 6.69. The summed E-state index contributed by atoms with van der Waals surface area (Å²) in [5, 5.41) is 8.78. The van der Waals surface area contributed by atoms with Gasteiger partial charge in [-0.2, -0.15) is 0 Å². The van der Waals surface area contributed by atoms with Crippen LogP contribution in [0.1, 0.15) is 72.6 Å². The van der Waals surface area contributed by atoms with E-state index in [1.807, 2.05) is 0 Å². The summed E-state index contributed by atoms with van der Waals surface area (Å²) < 4.78 is 12.7. The molecule has 8 heteroatoms. The molecule has 7 nitrogen and oxygen atoms in total. The molecule has 4 aliphatic rings. The summed E-state index contributed by atoms with van der Waals surface area (Å²) in [6, 6.07) is 0. The third-order valence-electron chi connectivity index (χ3n) is 10.2. The number of allylic oxidation sites excluding steroid dienone is 2. The molecule has 0 radical (unpaired) electrons. The summed E-state index contributed by atoms with van der Waals surface area (Å²) in [5.41, 5.74) is 2.52. The van der Waals surface area contributed by atoms with Crippen molar-refractivity contribution in [3.05, 3.63) is 11.6 Å². The zero-order valence-electron chi connectivity index (χ0n) is 24.5. The molecule has 7 atom stereocenters. The summed E-state index contributed by atoms with van der Waals surface area (Å²) in [5.74, 6) is 1.88. The molecular formula is C29H48N2O5Si. The molecule has 3 fully saturated rings. The Labute approximate surface area is 224 Å². The van der Waals surface area contributed by atoms with Gasteiger partial charge in [-0.15, -0.1) is 0 Å². The maximum Gasteiger partial charge on any atom is 0.303 e. The molecule has 208 valence electrons. The van der Waals surface area contributed by atoms with E-state index in [2.05, 4.69) is 56.8 Å². The first-order valence-corrected chi connectivity index (χ1v) is 17.5. The van der Waals surface area contributed by atoms with Crippen molar-refractivity contribution in [2.75, 3.05) is 20.8 Å². The highest BCUT2D eigenvalue weighted by Gasteiger charge is 2.68. The van der Waals surface area contributed by atoms with E-state index >= 15 is 0 Å². The Morgan fingerprint density at radius 2 is 1.78 bits per heavy atom. The average molecular weight is 533 g/mol. The van der Waals surface area contributed by atoms with Gasteiger partial charge in [-0.3, -0.25) is 4.79 Å². The summed E-state index contributed by atoms with van der Waals surface area (Å²) in [4.78, 5) is 23.1. The van der Waals surface area contributed by atoms with Crippen molar-refractivity contribution in [2.45, 2.75) is 97.9 Å². The van der Waals surface area contributed by atoms with Crippen molar-refractivity contribution >= 4 is 25.7 Å². The van der Waals surface area contributed by atoms with Crippen LogP contribution in [0.5, 0.6) is 0 Å². The maximum atomic E-state index is 12.6. The number of hydrogen-bond donors (Lipinski definition) is 0. The number of esters is 1. The van der Waals surface area contributed by atoms with Crippen LogP contribution >= 0.6 is 0 Å². The van der Waals surface area contributed by atoms with E-state index in [0.29, 0.717) is 30.3 Å². The van der Waals surface area contributed by atoms with E-state index < -0.39 is 13.9 Å². The van der Waals surface area contributed by atoms with Gasteiger partial charge >= 0.3 is 5.97 Å². The zero-order valence-corrected chi connectivity index (χ0v) is 25.5. The molecule has 4 rings (SSSR count). The van der Waals surface area contributed by atoms with Crippen LogP contribution < -0.4 is 0 Å². The van der Waals surface area contributed by atoms with E-state index in [0.717, 1.165) is 56.4 Å². The van der Waals surface area contributed by atoms with E-state index in [4.69, 9.17) is 18.8 Å². The summed E-state index contributed by atoms with van der Waals surface area (Å²) >= 11 is 0. The van der Waals surface area contributed by atoms with Crippen LogP contribution in [0.4, 0.5) is 0 Å². The standard InChI is InChI=1S/C29H48N2O5Si/c1-19-16-22-23(27(3)13-10-21(30-33-5)17-25(19)27)11-14-28(4)24(22)12-15-29(28,36-20(2)32)26(31-34-6)18-35-37(7,8)9/h17,19,22-24H,10-16,18H2,1-9H3/b30-21-,31-26+/t19-,22+,23-,24-,27+,28-,29-/m0/s1. The maximum absolute atomic E-state index is 12.6. The van der Waals surface area contributed by atoms with Gasteiger partial charge in [0.15, 0.2) is 13.9 Å². The van der Waals surface area contributed by atoms with E-state index in [1.54, 1.807) is 19.8 Å². The Morgan fingerprint density at radius 3 is 2.41 bits per heavy atom. The van der Waals surface area contributed by atoms with E-state index in [-0.39, 0.29) is 16.8 Å². The lowest BCUT2D eigenvalue weighted by atomic mass is 9.44. The molecule has 0 aliphatic heterocycles. The molecule has 0 amide bonds. The molecular weight excluding hydrogens is 484 g/mol. The minimum atomic E-state index is -1.82. The zero-order chi connectivity index (χ0) is 27.2. The predicted molar refractivity (Wildman–Crippen MR) is 149 cm³/mol. The lowest BCUT2D eigenvalue weighted by molar-refractivity contribution is -0.168. The van der Waals surface area contributed by atoms with Gasteiger partial charge in [0.1, 0.15) is 19.9 Å². The van der Waals surface area contributed by atoms with E-state index in [9.17, 15) is 4.79 Å². The van der Waals surface area contributed by atoms with Crippen LogP contribution in [0.3, 0.4) is 0 Å². The van der Waals surface area contributed by atoms with Crippen LogP contribution in [0.25, 0.3) is 0 Å². The minimum Gasteiger partial charge on any atom is -0.452 e. The highest BCUT2D eigenvalue weighted by Crippen LogP contribution is 2.69. The summed E-state index contributed by atoms with van der Waals surface area (Å²) in [7, 11) is 1.38. The Morgan fingerprint density at radius 1 is 1.08 bits per heavy atom. The number of fused-ring (bicyclic) bond motifs is 5. The molecule has 0 N–H and O–H groups in total. The van der Waals surface area contributed by atoms with Crippen molar-refractivity contribution < 1.29 is 23.6 Å². The molecule has 4 aliphatic carbocycles. The van der Waals surface area contributed by atoms with Crippen molar-refractivity contribution in [1.29, 1.82) is 0 Å². The van der Waals surface area contributed by atoms with Gasteiger partial charge in [0.05, 0.1) is 12.3 Å². The molecule has 0 heterocycles. The second-order valence-corrected chi connectivity index (χ2v) is 17.8. The highest BCUT2D eigenvalue weighted by atomic mass is 28.4. The molecule has 0 saturated heterocycles. The number of ether oxygens (including phenoxy) is 1. The molecule has 0 bridgehead atoms. The molecule has 3 saturated carbocycles. The lowest BCUT2D eigenvalue weighted by Gasteiger charge is -2.60. The first-order chi connectivity index (χ1) is 17.3. The van der Waals surface area contributed by atoms with Crippen molar-refractivity contribution in [2.24, 2.45) is 44.8 Å². The van der Waals surface area contributed by atoms with Crippen molar-refractivity contribution in [3.63, 3.8) is 0 Å². The first-order valence-electron chi connectivity index (χ1n) is 14.1.